The lowest BCUT2D eigenvalue weighted by Gasteiger charge is -1.99. The molecule has 0 aliphatic rings. The van der Waals surface area contributed by atoms with E-state index in [2.05, 4.69) is 4.37 Å². The quantitative estimate of drug-likeness (QED) is 0.864. The lowest BCUT2D eigenvalue weighted by Crippen LogP contribution is -1.98. The Morgan fingerprint density at radius 1 is 1.50 bits per heavy atom. The lowest BCUT2D eigenvalue weighted by atomic mass is 10.1. The number of aromatic nitrogens is 1. The molecule has 3 N–H and O–H groups in total. The normalized spacial score (nSPS) is 10.3. The fraction of sp³-hybridized carbons (Fsp3) is 0. The average molecular weight is 255 g/mol. The van der Waals surface area contributed by atoms with E-state index in [-0.39, 0.29) is 10.6 Å². The van der Waals surface area contributed by atoms with Crippen molar-refractivity contribution >= 4 is 34.8 Å². The summed E-state index contributed by atoms with van der Waals surface area (Å²) in [5.74, 6) is -1.07. The molecule has 2 aromatic rings. The van der Waals surface area contributed by atoms with Gasteiger partial charge >= 0.3 is 5.97 Å². The zero-order valence-corrected chi connectivity index (χ0v) is 9.55. The van der Waals surface area contributed by atoms with Crippen LogP contribution in [0.15, 0.2) is 24.3 Å². The molecule has 0 aliphatic carbocycles. The lowest BCUT2D eigenvalue weighted by molar-refractivity contribution is 0.0703. The van der Waals surface area contributed by atoms with Crippen LogP contribution >= 0.6 is 23.1 Å². The van der Waals surface area contributed by atoms with E-state index in [9.17, 15) is 4.79 Å². The maximum absolute atomic E-state index is 10.8. The maximum Gasteiger partial charge on any atom is 0.349 e. The van der Waals surface area contributed by atoms with E-state index in [1.54, 1.807) is 24.3 Å². The van der Waals surface area contributed by atoms with Crippen LogP contribution in [-0.4, -0.2) is 15.4 Å². The van der Waals surface area contributed by atoms with E-state index in [1.807, 2.05) is 0 Å². The Morgan fingerprint density at radius 3 is 2.81 bits per heavy atom. The highest BCUT2D eigenvalue weighted by Gasteiger charge is 2.17. The van der Waals surface area contributed by atoms with Gasteiger partial charge in [-0.25, -0.2) is 4.79 Å². The van der Waals surface area contributed by atoms with Crippen molar-refractivity contribution in [2.75, 3.05) is 5.73 Å². The Morgan fingerprint density at radius 2 is 2.25 bits per heavy atom. The highest BCUT2D eigenvalue weighted by atomic mass is 35.5. The van der Waals surface area contributed by atoms with Gasteiger partial charge in [0.05, 0.1) is 5.69 Å². The summed E-state index contributed by atoms with van der Waals surface area (Å²) in [5, 5.41) is 9.40. The second-order valence-electron chi connectivity index (χ2n) is 3.09. The third-order valence-corrected chi connectivity index (χ3v) is 3.11. The monoisotopic (exact) mass is 254 g/mol. The molecule has 0 amide bonds. The number of nitrogens with two attached hydrogens (primary N) is 1. The molecule has 4 nitrogen and oxygen atoms in total. The van der Waals surface area contributed by atoms with E-state index >= 15 is 0 Å². The number of carbonyl (C=O) groups is 1. The first-order valence-electron chi connectivity index (χ1n) is 4.34. The Balaban J connectivity index is 2.53. The third kappa shape index (κ3) is 1.87. The van der Waals surface area contributed by atoms with Gasteiger partial charge in [0.15, 0.2) is 4.88 Å². The first-order valence-corrected chi connectivity index (χ1v) is 5.49. The number of hydrogen-bond donors (Lipinski definition) is 2. The van der Waals surface area contributed by atoms with Gasteiger partial charge in [0.25, 0.3) is 0 Å². The van der Waals surface area contributed by atoms with Gasteiger partial charge in [-0.2, -0.15) is 4.37 Å². The summed E-state index contributed by atoms with van der Waals surface area (Å²) in [6, 6.07) is 6.96. The third-order valence-electron chi connectivity index (χ3n) is 2.02. The highest BCUT2D eigenvalue weighted by Crippen LogP contribution is 2.31. The number of anilines is 1. The second kappa shape index (κ2) is 4.11. The van der Waals surface area contributed by atoms with Gasteiger partial charge in [0.1, 0.15) is 5.69 Å². The molecular formula is C10H7ClN2O2S. The van der Waals surface area contributed by atoms with Crippen LogP contribution in [0.25, 0.3) is 11.3 Å². The molecule has 0 saturated carbocycles. The van der Waals surface area contributed by atoms with E-state index in [0.717, 1.165) is 11.5 Å². The molecule has 0 radical (unpaired) electrons. The van der Waals surface area contributed by atoms with Crippen LogP contribution in [0.1, 0.15) is 9.67 Å². The van der Waals surface area contributed by atoms with Gasteiger partial charge in [0.2, 0.25) is 0 Å². The van der Waals surface area contributed by atoms with Gasteiger partial charge in [-0.15, -0.1) is 0 Å². The number of halogens is 1. The van der Waals surface area contributed by atoms with Crippen LogP contribution in [0.3, 0.4) is 0 Å². The Kier molecular flexibility index (Phi) is 2.80. The minimum absolute atomic E-state index is 0.0509. The van der Waals surface area contributed by atoms with Crippen LogP contribution in [-0.2, 0) is 0 Å². The van der Waals surface area contributed by atoms with Crippen LogP contribution < -0.4 is 5.73 Å². The standard InChI is InChI=1S/C10H7ClN2O2S/c11-6-3-1-2-5(4-6)8-7(12)9(10(14)15)16-13-8/h1-4H,12H2,(H,14,15). The molecule has 1 heterocycles. The highest BCUT2D eigenvalue weighted by molar-refractivity contribution is 7.09. The summed E-state index contributed by atoms with van der Waals surface area (Å²) in [6.07, 6.45) is 0. The predicted molar refractivity (Wildman–Crippen MR) is 63.9 cm³/mol. The zero-order chi connectivity index (χ0) is 11.7. The first-order chi connectivity index (χ1) is 7.59. The maximum atomic E-state index is 10.8. The number of benzene rings is 1. The van der Waals surface area contributed by atoms with Gasteiger partial charge in [-0.05, 0) is 23.7 Å². The van der Waals surface area contributed by atoms with Gasteiger partial charge in [-0.3, -0.25) is 0 Å². The molecule has 0 bridgehead atoms. The van der Waals surface area contributed by atoms with Crippen LogP contribution in [0.4, 0.5) is 5.69 Å². The van der Waals surface area contributed by atoms with E-state index in [4.69, 9.17) is 22.4 Å². The molecule has 1 aromatic heterocycles. The van der Waals surface area contributed by atoms with E-state index in [1.165, 1.54) is 0 Å². The fourth-order valence-corrected chi connectivity index (χ4v) is 2.15. The summed E-state index contributed by atoms with van der Waals surface area (Å²) in [4.78, 5) is 10.8. The smallest absolute Gasteiger partial charge is 0.349 e. The largest absolute Gasteiger partial charge is 0.477 e. The van der Waals surface area contributed by atoms with Gasteiger partial charge in [-0.1, -0.05) is 23.7 Å². The summed E-state index contributed by atoms with van der Waals surface area (Å²) in [5.41, 5.74) is 7.07. The van der Waals surface area contributed by atoms with Crippen molar-refractivity contribution in [2.45, 2.75) is 0 Å². The molecule has 0 atom stereocenters. The molecule has 0 saturated heterocycles. The topological polar surface area (TPSA) is 76.2 Å². The number of carboxylic acid groups (broad SMARTS) is 1. The molecule has 16 heavy (non-hydrogen) atoms. The minimum atomic E-state index is -1.07. The number of hydrogen-bond acceptors (Lipinski definition) is 4. The molecule has 0 spiro atoms. The van der Waals surface area contributed by atoms with Gasteiger partial charge in [0, 0.05) is 10.6 Å². The zero-order valence-electron chi connectivity index (χ0n) is 7.98. The predicted octanol–water partition coefficient (Wildman–Crippen LogP) is 2.74. The van der Waals surface area contributed by atoms with E-state index < -0.39 is 5.97 Å². The number of nitrogen functional groups attached to an aromatic ring is 1. The van der Waals surface area contributed by atoms with Crippen molar-refractivity contribution in [3.05, 3.63) is 34.2 Å². The summed E-state index contributed by atoms with van der Waals surface area (Å²) in [7, 11) is 0. The molecular weight excluding hydrogens is 248 g/mol. The molecule has 1 aromatic carbocycles. The summed E-state index contributed by atoms with van der Waals surface area (Å²) < 4.78 is 4.03. The van der Waals surface area contributed by atoms with Crippen molar-refractivity contribution in [2.24, 2.45) is 0 Å². The van der Waals surface area contributed by atoms with Crippen LogP contribution in [0.5, 0.6) is 0 Å². The minimum Gasteiger partial charge on any atom is -0.477 e. The van der Waals surface area contributed by atoms with Crippen molar-refractivity contribution in [3.63, 3.8) is 0 Å². The molecule has 2 rings (SSSR count). The Bertz CT molecular complexity index is 554. The number of aromatic carboxylic acids is 1. The Hall–Kier alpha value is -1.59. The fourth-order valence-electron chi connectivity index (χ4n) is 1.30. The number of rotatable bonds is 2. The SMILES string of the molecule is Nc1c(-c2cccc(Cl)c2)nsc1C(=O)O. The molecule has 82 valence electrons. The van der Waals surface area contributed by atoms with E-state index in [0.29, 0.717) is 16.3 Å². The van der Waals surface area contributed by atoms with Crippen molar-refractivity contribution in [1.82, 2.24) is 4.37 Å². The van der Waals surface area contributed by atoms with Crippen molar-refractivity contribution in [3.8, 4) is 11.3 Å². The molecule has 0 fully saturated rings. The number of nitrogens with zero attached hydrogens (tertiary/aromatic N) is 1. The Labute approximate surface area is 100 Å². The van der Waals surface area contributed by atoms with Crippen molar-refractivity contribution < 1.29 is 9.90 Å². The molecule has 0 unspecified atom stereocenters. The van der Waals surface area contributed by atoms with Crippen molar-refractivity contribution in [1.29, 1.82) is 0 Å². The summed E-state index contributed by atoms with van der Waals surface area (Å²) >= 11 is 6.70. The second-order valence-corrected chi connectivity index (χ2v) is 4.30. The first kappa shape index (κ1) is 10.9. The van der Waals surface area contributed by atoms with Crippen LogP contribution in [0, 0.1) is 0 Å². The summed E-state index contributed by atoms with van der Waals surface area (Å²) in [6.45, 7) is 0. The van der Waals surface area contributed by atoms with Gasteiger partial charge < -0.3 is 10.8 Å². The molecule has 6 heteroatoms. The average Bonchev–Trinajstić information content (AvgIpc) is 2.60. The molecule has 0 aliphatic heterocycles. The number of carboxylic acids is 1. The van der Waals surface area contributed by atoms with Crippen LogP contribution in [0.2, 0.25) is 5.02 Å².